The summed E-state index contributed by atoms with van der Waals surface area (Å²) in [4.78, 5) is 13.8. The van der Waals surface area contributed by atoms with Gasteiger partial charge in [-0.1, -0.05) is 0 Å². The van der Waals surface area contributed by atoms with Crippen LogP contribution >= 0.6 is 11.3 Å². The molecule has 0 saturated carbocycles. The summed E-state index contributed by atoms with van der Waals surface area (Å²) in [6.07, 6.45) is 0. The van der Waals surface area contributed by atoms with E-state index in [1.807, 2.05) is 19.1 Å². The maximum absolute atomic E-state index is 9.51. The predicted octanol–water partition coefficient (Wildman–Crippen LogP) is 3.09. The molecule has 8 heteroatoms. The predicted molar refractivity (Wildman–Crippen MR) is 99.5 cm³/mol. The van der Waals surface area contributed by atoms with E-state index in [1.165, 1.54) is 5.56 Å². The number of aromatic nitrogens is 3. The number of hydrogen-bond donors (Lipinski definition) is 2. The molecule has 0 amide bonds. The van der Waals surface area contributed by atoms with Gasteiger partial charge in [0.1, 0.15) is 23.1 Å². The first-order valence-electron chi connectivity index (χ1n) is 7.91. The third-order valence-corrected chi connectivity index (χ3v) is 4.89. The van der Waals surface area contributed by atoms with E-state index in [0.717, 1.165) is 40.4 Å². The minimum absolute atomic E-state index is 0.258. The number of phenolic OH excluding ortho intramolecular Hbond substituents is 1. The number of aryl methyl sites for hydroxylation is 2. The quantitative estimate of drug-likeness (QED) is 0.685. The number of hydrogen-bond acceptors (Lipinski definition) is 6. The number of rotatable bonds is 1. The van der Waals surface area contributed by atoms with Crippen molar-refractivity contribution in [2.45, 2.75) is 27.3 Å². The minimum atomic E-state index is -0.833. The Balaban J connectivity index is 0.000000447. The number of aliphatic carboxylic acids is 1. The number of fused-ring (bicyclic) bond motifs is 3. The summed E-state index contributed by atoms with van der Waals surface area (Å²) >= 11 is 1.68. The Morgan fingerprint density at radius 2 is 1.85 bits per heavy atom. The first-order chi connectivity index (χ1) is 12.4. The summed E-state index contributed by atoms with van der Waals surface area (Å²) in [6, 6.07) is 7.17. The van der Waals surface area contributed by atoms with Gasteiger partial charge in [-0.15, -0.1) is 21.5 Å². The number of carboxylic acids is 1. The van der Waals surface area contributed by atoms with Crippen LogP contribution in [0, 0.1) is 13.8 Å². The van der Waals surface area contributed by atoms with Crippen molar-refractivity contribution in [3.8, 4) is 10.8 Å². The first kappa shape index (κ1) is 17.8. The molecule has 134 valence electrons. The molecular weight excluding hydrogens is 352 g/mol. The third kappa shape index (κ3) is 3.36. The molecular formula is C18H18N4O3S. The van der Waals surface area contributed by atoms with Gasteiger partial charge in [-0.2, -0.15) is 0 Å². The Morgan fingerprint density at radius 3 is 2.50 bits per heavy atom. The van der Waals surface area contributed by atoms with Crippen molar-refractivity contribution in [2.75, 3.05) is 0 Å². The van der Waals surface area contributed by atoms with Gasteiger partial charge in [0.25, 0.3) is 5.97 Å². The van der Waals surface area contributed by atoms with E-state index in [0.29, 0.717) is 6.54 Å². The zero-order chi connectivity index (χ0) is 18.8. The summed E-state index contributed by atoms with van der Waals surface area (Å²) in [5.74, 6) is 1.16. The molecule has 0 atom stereocenters. The molecule has 1 aromatic carbocycles. The van der Waals surface area contributed by atoms with Crippen molar-refractivity contribution >= 4 is 23.0 Å². The fraction of sp³-hybridized carbons (Fsp3) is 0.222. The molecule has 3 heterocycles. The number of carboxylic acid groups (broad SMARTS) is 1. The maximum Gasteiger partial charge on any atom is 0.300 e. The van der Waals surface area contributed by atoms with Crippen molar-refractivity contribution in [1.29, 1.82) is 0 Å². The van der Waals surface area contributed by atoms with E-state index >= 15 is 0 Å². The van der Waals surface area contributed by atoms with Crippen LogP contribution < -0.4 is 0 Å². The van der Waals surface area contributed by atoms with Gasteiger partial charge >= 0.3 is 0 Å². The first-order valence-corrected chi connectivity index (χ1v) is 8.79. The van der Waals surface area contributed by atoms with Gasteiger partial charge in [-0.25, -0.2) is 0 Å². The molecule has 0 fully saturated rings. The van der Waals surface area contributed by atoms with Crippen LogP contribution in [0.5, 0.6) is 5.75 Å². The molecule has 3 aromatic rings. The second-order valence-corrected chi connectivity index (χ2v) is 6.69. The lowest BCUT2D eigenvalue weighted by Crippen LogP contribution is -2.06. The highest BCUT2D eigenvalue weighted by atomic mass is 32.1. The van der Waals surface area contributed by atoms with E-state index in [9.17, 15) is 5.11 Å². The van der Waals surface area contributed by atoms with Gasteiger partial charge in [0.15, 0.2) is 5.82 Å². The molecule has 2 N–H and O–H groups in total. The van der Waals surface area contributed by atoms with E-state index in [4.69, 9.17) is 14.9 Å². The Hall–Kier alpha value is -3.00. The van der Waals surface area contributed by atoms with Crippen molar-refractivity contribution in [3.05, 3.63) is 58.0 Å². The fourth-order valence-electron chi connectivity index (χ4n) is 2.74. The van der Waals surface area contributed by atoms with Crippen LogP contribution in [0.3, 0.4) is 0 Å². The molecule has 0 spiro atoms. The van der Waals surface area contributed by atoms with E-state index < -0.39 is 5.97 Å². The smallest absolute Gasteiger partial charge is 0.300 e. The number of phenols is 1. The monoisotopic (exact) mass is 370 g/mol. The molecule has 0 bridgehead atoms. The lowest BCUT2D eigenvalue weighted by Gasteiger charge is -2.09. The van der Waals surface area contributed by atoms with Gasteiger partial charge in [-0.3, -0.25) is 14.4 Å². The van der Waals surface area contributed by atoms with Gasteiger partial charge in [0, 0.05) is 18.1 Å². The van der Waals surface area contributed by atoms with Crippen LogP contribution in [0.4, 0.5) is 0 Å². The van der Waals surface area contributed by atoms with Crippen LogP contribution in [-0.2, 0) is 11.3 Å². The Morgan fingerprint density at radius 1 is 1.19 bits per heavy atom. The van der Waals surface area contributed by atoms with Crippen LogP contribution in [0.15, 0.2) is 34.6 Å². The number of carbonyl (C=O) groups is 1. The highest BCUT2D eigenvalue weighted by Crippen LogP contribution is 2.33. The van der Waals surface area contributed by atoms with E-state index in [2.05, 4.69) is 27.1 Å². The molecule has 2 aromatic heterocycles. The number of nitrogens with zero attached hydrogens (tertiary/aromatic N) is 4. The van der Waals surface area contributed by atoms with Crippen LogP contribution in [-0.4, -0.2) is 36.7 Å². The Bertz CT molecular complexity index is 983. The summed E-state index contributed by atoms with van der Waals surface area (Å²) in [5, 5.41) is 28.6. The average Bonchev–Trinajstić information content (AvgIpc) is 3.07. The molecule has 7 nitrogen and oxygen atoms in total. The van der Waals surface area contributed by atoms with Crippen LogP contribution in [0.1, 0.15) is 35.3 Å². The third-order valence-electron chi connectivity index (χ3n) is 3.81. The van der Waals surface area contributed by atoms with E-state index in [1.54, 1.807) is 23.5 Å². The number of benzene rings is 1. The molecule has 1 aliphatic rings. The van der Waals surface area contributed by atoms with Crippen LogP contribution in [0.2, 0.25) is 0 Å². The van der Waals surface area contributed by atoms with Crippen molar-refractivity contribution < 1.29 is 15.0 Å². The minimum Gasteiger partial charge on any atom is -0.508 e. The summed E-state index contributed by atoms with van der Waals surface area (Å²) in [5.41, 5.74) is 4.25. The topological polar surface area (TPSA) is 101 Å². The van der Waals surface area contributed by atoms with Crippen molar-refractivity contribution in [1.82, 2.24) is 14.8 Å². The van der Waals surface area contributed by atoms with Gasteiger partial charge in [-0.05, 0) is 49.1 Å². The average molecular weight is 370 g/mol. The van der Waals surface area contributed by atoms with E-state index in [-0.39, 0.29) is 5.75 Å². The lowest BCUT2D eigenvalue weighted by molar-refractivity contribution is -0.134. The lowest BCUT2D eigenvalue weighted by atomic mass is 10.0. The van der Waals surface area contributed by atoms with Crippen LogP contribution in [0.25, 0.3) is 5.00 Å². The summed E-state index contributed by atoms with van der Waals surface area (Å²) in [7, 11) is 0. The highest BCUT2D eigenvalue weighted by molar-refractivity contribution is 7.13. The fourth-order valence-corrected chi connectivity index (χ4v) is 3.86. The normalized spacial score (nSPS) is 12.2. The number of aromatic hydroxyl groups is 1. The van der Waals surface area contributed by atoms with Gasteiger partial charge in [0.05, 0.1) is 5.71 Å². The molecule has 0 unspecified atom stereocenters. The number of aliphatic imine (C=N–C) groups is 1. The second-order valence-electron chi connectivity index (χ2n) is 5.83. The van der Waals surface area contributed by atoms with Gasteiger partial charge in [0.2, 0.25) is 0 Å². The molecule has 26 heavy (non-hydrogen) atoms. The SMILES string of the molecule is CC(=O)O.Cc1csc2c1C(c1ccc(O)cc1)=NCc1nnc(C)n1-2. The molecule has 0 saturated heterocycles. The zero-order valence-electron chi connectivity index (χ0n) is 14.6. The standard InChI is InChI=1S/C16H14N4OS.C2H4O2/c1-9-8-22-16-14(9)15(11-3-5-12(21)6-4-11)17-7-13-19-18-10(2)20(13)16;1-2(3)4/h3-6,8,21H,7H2,1-2H3;1H3,(H,3,4). The number of thiophene rings is 1. The summed E-state index contributed by atoms with van der Waals surface area (Å²) in [6.45, 7) is 5.63. The van der Waals surface area contributed by atoms with Crippen molar-refractivity contribution in [2.24, 2.45) is 4.99 Å². The Kier molecular flexibility index (Phi) is 4.85. The largest absolute Gasteiger partial charge is 0.508 e. The molecule has 4 rings (SSSR count). The molecule has 0 aliphatic carbocycles. The Labute approximate surface area is 154 Å². The second kappa shape index (κ2) is 7.09. The summed E-state index contributed by atoms with van der Waals surface area (Å²) < 4.78 is 2.09. The zero-order valence-corrected chi connectivity index (χ0v) is 15.4. The highest BCUT2D eigenvalue weighted by Gasteiger charge is 2.24. The van der Waals surface area contributed by atoms with Gasteiger partial charge < -0.3 is 10.2 Å². The van der Waals surface area contributed by atoms with Crippen molar-refractivity contribution in [3.63, 3.8) is 0 Å². The molecule has 1 aliphatic heterocycles. The maximum atomic E-state index is 9.51. The molecule has 0 radical (unpaired) electrons.